The quantitative estimate of drug-likeness (QED) is 0.765. The van der Waals surface area contributed by atoms with Gasteiger partial charge in [0.1, 0.15) is 17.4 Å². The molecule has 1 aromatic carbocycles. The predicted octanol–water partition coefficient (Wildman–Crippen LogP) is 2.32. The molecule has 0 unspecified atom stereocenters. The van der Waals surface area contributed by atoms with E-state index in [0.717, 1.165) is 10.9 Å². The highest BCUT2D eigenvalue weighted by Crippen LogP contribution is 2.29. The van der Waals surface area contributed by atoms with Gasteiger partial charge in [-0.25, -0.2) is 9.59 Å². The molecule has 0 radical (unpaired) electrons. The fourth-order valence-electron chi connectivity index (χ4n) is 2.65. The summed E-state index contributed by atoms with van der Waals surface area (Å²) < 4.78 is 10.9. The first-order valence-corrected chi connectivity index (χ1v) is 8.32. The van der Waals surface area contributed by atoms with Crippen LogP contribution in [0.4, 0.5) is 0 Å². The van der Waals surface area contributed by atoms with Crippen molar-refractivity contribution in [3.05, 3.63) is 39.2 Å². The minimum Gasteiger partial charge on any atom is -0.483 e. The third kappa shape index (κ3) is 3.87. The summed E-state index contributed by atoms with van der Waals surface area (Å²) in [5.74, 6) is -1.48. The summed E-state index contributed by atoms with van der Waals surface area (Å²) in [5, 5.41) is 12.4. The van der Waals surface area contributed by atoms with Crippen LogP contribution in [0, 0.1) is 26.7 Å². The molecule has 0 fully saturated rings. The van der Waals surface area contributed by atoms with Crippen molar-refractivity contribution in [2.45, 2.75) is 40.7 Å². The lowest BCUT2D eigenvalue weighted by Gasteiger charge is -2.18. The third-order valence-electron chi connectivity index (χ3n) is 4.43. The van der Waals surface area contributed by atoms with Crippen LogP contribution in [0.1, 0.15) is 30.5 Å². The summed E-state index contributed by atoms with van der Waals surface area (Å²) in [6.45, 7) is 8.37. The van der Waals surface area contributed by atoms with Gasteiger partial charge in [-0.15, -0.1) is 0 Å². The van der Waals surface area contributed by atoms with E-state index in [1.165, 1.54) is 0 Å². The van der Waals surface area contributed by atoms with Crippen LogP contribution in [-0.4, -0.2) is 29.6 Å². The Balaban J connectivity index is 2.20. The predicted molar refractivity (Wildman–Crippen MR) is 96.6 cm³/mol. The maximum absolute atomic E-state index is 12.0. The van der Waals surface area contributed by atoms with Gasteiger partial charge in [0.15, 0.2) is 6.61 Å². The van der Waals surface area contributed by atoms with E-state index >= 15 is 0 Å². The molecular formula is C19H23NO6. The van der Waals surface area contributed by atoms with Gasteiger partial charge in [0, 0.05) is 16.5 Å². The lowest BCUT2D eigenvalue weighted by atomic mass is 10.0. The molecule has 0 aliphatic rings. The summed E-state index contributed by atoms with van der Waals surface area (Å²) in [7, 11) is 0. The van der Waals surface area contributed by atoms with Gasteiger partial charge in [0.2, 0.25) is 0 Å². The minimum absolute atomic E-state index is 0.251. The van der Waals surface area contributed by atoms with E-state index in [2.05, 4.69) is 5.32 Å². The van der Waals surface area contributed by atoms with E-state index in [0.29, 0.717) is 22.5 Å². The molecule has 1 atom stereocenters. The average molecular weight is 361 g/mol. The second-order valence-corrected chi connectivity index (χ2v) is 6.62. The van der Waals surface area contributed by atoms with Gasteiger partial charge in [-0.3, -0.25) is 4.79 Å². The molecule has 140 valence electrons. The number of aryl methyl sites for hydroxylation is 2. The molecule has 2 aromatic rings. The zero-order chi connectivity index (χ0) is 19.6. The number of carbonyl (C=O) groups is 2. The van der Waals surface area contributed by atoms with E-state index in [1.807, 2.05) is 6.92 Å². The third-order valence-corrected chi connectivity index (χ3v) is 4.43. The first kappa shape index (κ1) is 19.5. The first-order chi connectivity index (χ1) is 12.1. The maximum Gasteiger partial charge on any atom is 0.339 e. The number of amides is 1. The van der Waals surface area contributed by atoms with Crippen LogP contribution in [-0.2, 0) is 9.59 Å². The zero-order valence-corrected chi connectivity index (χ0v) is 15.5. The minimum atomic E-state index is -1.09. The van der Waals surface area contributed by atoms with Crippen LogP contribution in [0.5, 0.6) is 5.75 Å². The van der Waals surface area contributed by atoms with Crippen molar-refractivity contribution >= 4 is 22.8 Å². The molecule has 0 saturated carbocycles. The second kappa shape index (κ2) is 7.59. The van der Waals surface area contributed by atoms with Crippen LogP contribution in [0.25, 0.3) is 11.0 Å². The average Bonchev–Trinajstić information content (AvgIpc) is 2.57. The van der Waals surface area contributed by atoms with E-state index in [-0.39, 0.29) is 12.5 Å². The maximum atomic E-state index is 12.0. The van der Waals surface area contributed by atoms with Gasteiger partial charge in [-0.2, -0.15) is 0 Å². The number of carboxylic acid groups (broad SMARTS) is 1. The van der Waals surface area contributed by atoms with Crippen molar-refractivity contribution in [3.63, 3.8) is 0 Å². The van der Waals surface area contributed by atoms with Gasteiger partial charge in [0.25, 0.3) is 5.91 Å². The van der Waals surface area contributed by atoms with Gasteiger partial charge in [0.05, 0.1) is 0 Å². The number of rotatable bonds is 6. The molecule has 0 spiro atoms. The Morgan fingerprint density at radius 1 is 1.15 bits per heavy atom. The molecule has 0 bridgehead atoms. The molecule has 0 aliphatic heterocycles. The number of fused-ring (bicyclic) bond motifs is 1. The smallest absolute Gasteiger partial charge is 0.339 e. The Kier molecular flexibility index (Phi) is 5.69. The van der Waals surface area contributed by atoms with E-state index < -0.39 is 23.5 Å². The van der Waals surface area contributed by atoms with Crippen molar-refractivity contribution in [1.29, 1.82) is 0 Å². The van der Waals surface area contributed by atoms with Crippen LogP contribution < -0.4 is 15.7 Å². The molecule has 7 nitrogen and oxygen atoms in total. The highest BCUT2D eigenvalue weighted by Gasteiger charge is 2.23. The van der Waals surface area contributed by atoms with E-state index in [1.54, 1.807) is 39.8 Å². The number of hydrogen-bond acceptors (Lipinski definition) is 5. The molecule has 26 heavy (non-hydrogen) atoms. The molecule has 1 aromatic heterocycles. The van der Waals surface area contributed by atoms with Crippen molar-refractivity contribution < 1.29 is 23.8 Å². The topological polar surface area (TPSA) is 106 Å². The first-order valence-electron chi connectivity index (χ1n) is 8.32. The normalized spacial score (nSPS) is 12.2. The fourth-order valence-corrected chi connectivity index (χ4v) is 2.65. The Labute approximate surface area is 151 Å². The van der Waals surface area contributed by atoms with Crippen LogP contribution >= 0.6 is 0 Å². The van der Waals surface area contributed by atoms with Crippen molar-refractivity contribution in [2.75, 3.05) is 6.61 Å². The second-order valence-electron chi connectivity index (χ2n) is 6.62. The molecule has 2 rings (SSSR count). The van der Waals surface area contributed by atoms with Gasteiger partial charge < -0.3 is 19.6 Å². The Bertz CT molecular complexity index is 912. The molecule has 1 heterocycles. The van der Waals surface area contributed by atoms with Gasteiger partial charge in [-0.1, -0.05) is 13.8 Å². The van der Waals surface area contributed by atoms with Crippen molar-refractivity contribution in [1.82, 2.24) is 5.32 Å². The standard InChI is InChI=1S/C19H23NO6/c1-9(2)16(18(22)23)20-15(21)8-25-14-7-6-13-10(3)11(4)19(24)26-17(13)12(14)5/h6-7,9,16H,8H2,1-5H3,(H,20,21)(H,22,23)/t16-/m0/s1. The molecule has 7 heteroatoms. The number of carboxylic acids is 1. The number of nitrogens with one attached hydrogen (secondary N) is 1. The summed E-state index contributed by atoms with van der Waals surface area (Å²) in [5.41, 5.74) is 2.01. The molecular weight excluding hydrogens is 338 g/mol. The summed E-state index contributed by atoms with van der Waals surface area (Å²) >= 11 is 0. The summed E-state index contributed by atoms with van der Waals surface area (Å²) in [4.78, 5) is 35.0. The summed E-state index contributed by atoms with van der Waals surface area (Å²) in [6, 6.07) is 2.50. The highest BCUT2D eigenvalue weighted by molar-refractivity contribution is 5.86. The monoisotopic (exact) mass is 361 g/mol. The summed E-state index contributed by atoms with van der Waals surface area (Å²) in [6.07, 6.45) is 0. The fraction of sp³-hybridized carbons (Fsp3) is 0.421. The Hall–Kier alpha value is -2.83. The molecule has 1 amide bonds. The SMILES string of the molecule is Cc1c(C)c2ccc(OCC(=O)N[C@H](C(=O)O)C(C)C)c(C)c2oc1=O. The van der Waals surface area contributed by atoms with E-state index in [9.17, 15) is 14.4 Å². The lowest BCUT2D eigenvalue weighted by Crippen LogP contribution is -2.46. The van der Waals surface area contributed by atoms with Gasteiger partial charge in [-0.05, 0) is 44.4 Å². The number of benzene rings is 1. The molecule has 2 N–H and O–H groups in total. The Morgan fingerprint density at radius 3 is 2.38 bits per heavy atom. The van der Waals surface area contributed by atoms with Gasteiger partial charge >= 0.3 is 11.6 Å². The zero-order valence-electron chi connectivity index (χ0n) is 15.5. The largest absolute Gasteiger partial charge is 0.483 e. The Morgan fingerprint density at radius 2 is 1.81 bits per heavy atom. The number of carbonyl (C=O) groups excluding carboxylic acids is 1. The number of aliphatic carboxylic acids is 1. The molecule has 0 saturated heterocycles. The van der Waals surface area contributed by atoms with Crippen LogP contribution in [0.15, 0.2) is 21.3 Å². The molecule has 0 aliphatic carbocycles. The van der Waals surface area contributed by atoms with Crippen molar-refractivity contribution in [2.24, 2.45) is 5.92 Å². The van der Waals surface area contributed by atoms with Crippen molar-refractivity contribution in [3.8, 4) is 5.75 Å². The van der Waals surface area contributed by atoms with Crippen LogP contribution in [0.3, 0.4) is 0 Å². The van der Waals surface area contributed by atoms with Crippen LogP contribution in [0.2, 0.25) is 0 Å². The highest BCUT2D eigenvalue weighted by atomic mass is 16.5. The lowest BCUT2D eigenvalue weighted by molar-refractivity contribution is -0.143. The van der Waals surface area contributed by atoms with E-state index in [4.69, 9.17) is 14.3 Å². The number of ether oxygens (including phenoxy) is 1. The number of hydrogen-bond donors (Lipinski definition) is 2.